The van der Waals surface area contributed by atoms with Gasteiger partial charge in [-0.05, 0) is 37.3 Å². The van der Waals surface area contributed by atoms with Crippen LogP contribution < -0.4 is 5.32 Å². The van der Waals surface area contributed by atoms with E-state index in [9.17, 15) is 18.4 Å². The highest BCUT2D eigenvalue weighted by molar-refractivity contribution is 5.94. The molecule has 1 saturated carbocycles. The molecule has 1 N–H and O–H groups in total. The van der Waals surface area contributed by atoms with Crippen LogP contribution in [0.4, 0.5) is 8.78 Å². The van der Waals surface area contributed by atoms with E-state index in [1.165, 1.54) is 25.0 Å². The molecule has 4 rings (SSSR count). The van der Waals surface area contributed by atoms with Crippen LogP contribution in [0.25, 0.3) is 11.3 Å². The Balaban J connectivity index is 1.48. The Kier molecular flexibility index (Phi) is 6.78. The maximum atomic E-state index is 14.1. The quantitative estimate of drug-likeness (QED) is 0.741. The van der Waals surface area contributed by atoms with Gasteiger partial charge in [0.05, 0.1) is 11.5 Å². The van der Waals surface area contributed by atoms with Crippen molar-refractivity contribution in [3.05, 3.63) is 41.6 Å². The van der Waals surface area contributed by atoms with Gasteiger partial charge in [0.15, 0.2) is 11.5 Å². The molecule has 2 aliphatic rings. The molecule has 1 saturated heterocycles. The third-order valence-electron chi connectivity index (χ3n) is 6.94. The molecule has 2 fully saturated rings. The lowest BCUT2D eigenvalue weighted by molar-refractivity contribution is -0.136. The van der Waals surface area contributed by atoms with Crippen molar-refractivity contribution in [2.24, 2.45) is 11.8 Å². The van der Waals surface area contributed by atoms with E-state index in [0.29, 0.717) is 24.9 Å². The van der Waals surface area contributed by atoms with Gasteiger partial charge in [-0.25, -0.2) is 8.78 Å². The van der Waals surface area contributed by atoms with E-state index in [-0.39, 0.29) is 34.9 Å². The van der Waals surface area contributed by atoms with E-state index in [1.807, 2.05) is 0 Å². The average molecular weight is 461 g/mol. The van der Waals surface area contributed by atoms with Gasteiger partial charge in [-0.3, -0.25) is 14.5 Å². The summed E-state index contributed by atoms with van der Waals surface area (Å²) < 4.78 is 32.4. The zero-order valence-electron chi connectivity index (χ0n) is 19.2. The lowest BCUT2D eigenvalue weighted by Gasteiger charge is -2.42. The molecular formula is C24H30F2N4O3. The predicted molar refractivity (Wildman–Crippen MR) is 118 cm³/mol. The van der Waals surface area contributed by atoms with Crippen LogP contribution in [0.15, 0.2) is 28.8 Å². The number of hydrogen-bond donors (Lipinski definition) is 1. The lowest BCUT2D eigenvalue weighted by Crippen LogP contribution is -2.57. The van der Waals surface area contributed by atoms with Crippen LogP contribution in [0.5, 0.6) is 0 Å². The van der Waals surface area contributed by atoms with E-state index in [1.54, 1.807) is 19.0 Å². The van der Waals surface area contributed by atoms with Crippen LogP contribution in [0.3, 0.4) is 0 Å². The zero-order chi connectivity index (χ0) is 23.7. The molecule has 7 nitrogen and oxygen atoms in total. The van der Waals surface area contributed by atoms with Crippen LogP contribution in [-0.4, -0.2) is 66.0 Å². The summed E-state index contributed by atoms with van der Waals surface area (Å²) in [6.07, 6.45) is 4.20. The van der Waals surface area contributed by atoms with Crippen molar-refractivity contribution in [2.45, 2.75) is 44.7 Å². The Morgan fingerprint density at radius 1 is 1.18 bits per heavy atom. The summed E-state index contributed by atoms with van der Waals surface area (Å²) in [7, 11) is 3.44. The third kappa shape index (κ3) is 4.93. The Hall–Kier alpha value is -2.81. The van der Waals surface area contributed by atoms with Gasteiger partial charge in [-0.2, -0.15) is 0 Å². The number of carbonyl (C=O) groups excluding carboxylic acids is 2. The maximum Gasteiger partial charge on any atom is 0.273 e. The highest BCUT2D eigenvalue weighted by Gasteiger charge is 2.40. The summed E-state index contributed by atoms with van der Waals surface area (Å²) in [5, 5.41) is 6.70. The van der Waals surface area contributed by atoms with E-state index < -0.39 is 17.5 Å². The molecule has 1 aliphatic carbocycles. The van der Waals surface area contributed by atoms with E-state index in [2.05, 4.69) is 22.3 Å². The highest BCUT2D eigenvalue weighted by Crippen LogP contribution is 2.33. The second kappa shape index (κ2) is 9.59. The minimum absolute atomic E-state index is 0.0163. The molecule has 4 unspecified atom stereocenters. The Morgan fingerprint density at radius 3 is 2.64 bits per heavy atom. The first-order chi connectivity index (χ1) is 15.7. The normalized spacial score (nSPS) is 25.7. The van der Waals surface area contributed by atoms with Crippen LogP contribution in [0, 0.1) is 23.5 Å². The van der Waals surface area contributed by atoms with Crippen LogP contribution >= 0.6 is 0 Å². The van der Waals surface area contributed by atoms with Crippen LogP contribution in [0.1, 0.15) is 43.1 Å². The second-order valence-electron chi connectivity index (χ2n) is 9.38. The number of carbonyl (C=O) groups is 2. The van der Waals surface area contributed by atoms with Gasteiger partial charge in [0.25, 0.3) is 5.91 Å². The number of rotatable bonds is 5. The molecule has 1 aromatic carbocycles. The molecule has 4 atom stereocenters. The molecule has 0 spiro atoms. The van der Waals surface area contributed by atoms with Gasteiger partial charge < -0.3 is 14.7 Å². The number of amides is 2. The van der Waals surface area contributed by atoms with Crippen molar-refractivity contribution in [3.63, 3.8) is 0 Å². The van der Waals surface area contributed by atoms with Crippen molar-refractivity contribution in [2.75, 3.05) is 27.2 Å². The molecule has 1 aromatic heterocycles. The predicted octanol–water partition coefficient (Wildman–Crippen LogP) is 3.32. The van der Waals surface area contributed by atoms with Crippen LogP contribution in [-0.2, 0) is 4.79 Å². The fourth-order valence-corrected chi connectivity index (χ4v) is 5.14. The molecule has 2 aromatic rings. The monoisotopic (exact) mass is 460 g/mol. The zero-order valence-corrected chi connectivity index (χ0v) is 19.2. The number of benzene rings is 1. The fourth-order valence-electron chi connectivity index (χ4n) is 5.14. The number of piperidine rings is 1. The van der Waals surface area contributed by atoms with Gasteiger partial charge >= 0.3 is 0 Å². The van der Waals surface area contributed by atoms with Gasteiger partial charge in [0.2, 0.25) is 5.91 Å². The number of hydrogen-bond acceptors (Lipinski definition) is 5. The minimum Gasteiger partial charge on any atom is -0.355 e. The van der Waals surface area contributed by atoms with Gasteiger partial charge in [0.1, 0.15) is 11.6 Å². The molecule has 2 amide bonds. The van der Waals surface area contributed by atoms with E-state index in [0.717, 1.165) is 25.1 Å². The van der Waals surface area contributed by atoms with Gasteiger partial charge in [0, 0.05) is 51.4 Å². The molecule has 33 heavy (non-hydrogen) atoms. The summed E-state index contributed by atoms with van der Waals surface area (Å²) in [5.74, 6) is -1.75. The SMILES string of the molecule is CC1CCCC1N1CCC(NC(=O)c2cc(-c3ccc(F)cc3F)on2)C(C(=O)N(C)C)C1. The molecule has 0 radical (unpaired) electrons. The van der Waals surface area contributed by atoms with E-state index in [4.69, 9.17) is 4.52 Å². The lowest BCUT2D eigenvalue weighted by atomic mass is 9.88. The van der Waals surface area contributed by atoms with Crippen molar-refractivity contribution in [1.29, 1.82) is 0 Å². The smallest absolute Gasteiger partial charge is 0.273 e. The second-order valence-corrected chi connectivity index (χ2v) is 9.38. The largest absolute Gasteiger partial charge is 0.355 e. The highest BCUT2D eigenvalue weighted by atomic mass is 19.1. The third-order valence-corrected chi connectivity index (χ3v) is 6.94. The molecule has 178 valence electrons. The number of nitrogens with zero attached hydrogens (tertiary/aromatic N) is 3. The first-order valence-electron chi connectivity index (χ1n) is 11.4. The molecule has 1 aliphatic heterocycles. The maximum absolute atomic E-state index is 14.1. The summed E-state index contributed by atoms with van der Waals surface area (Å²) in [6.45, 7) is 3.67. The number of likely N-dealkylation sites (tertiary alicyclic amines) is 1. The summed E-state index contributed by atoms with van der Waals surface area (Å²) >= 11 is 0. The van der Waals surface area contributed by atoms with Crippen molar-refractivity contribution in [3.8, 4) is 11.3 Å². The molecule has 9 heteroatoms. The van der Waals surface area contributed by atoms with Crippen molar-refractivity contribution >= 4 is 11.8 Å². The first kappa shape index (κ1) is 23.4. The molecule has 2 heterocycles. The molecular weight excluding hydrogens is 430 g/mol. The van der Waals surface area contributed by atoms with Crippen molar-refractivity contribution in [1.82, 2.24) is 20.3 Å². The number of nitrogens with one attached hydrogen (secondary N) is 1. The summed E-state index contributed by atoms with van der Waals surface area (Å²) in [5.41, 5.74) is -0.000717. The van der Waals surface area contributed by atoms with Crippen molar-refractivity contribution < 1.29 is 22.9 Å². The Labute approximate surface area is 192 Å². The topological polar surface area (TPSA) is 78.7 Å². The number of aromatic nitrogens is 1. The Bertz CT molecular complexity index is 1020. The standard InChI is InChI=1S/C24H30F2N4O3/c1-14-5-4-6-21(14)30-10-9-19(17(13-30)24(32)29(2)3)27-23(31)20-12-22(33-28-20)16-8-7-15(25)11-18(16)26/h7-8,11-12,14,17,19,21H,4-6,9-10,13H2,1-3H3,(H,27,31). The van der Waals surface area contributed by atoms with Gasteiger partial charge in [-0.15, -0.1) is 0 Å². The summed E-state index contributed by atoms with van der Waals surface area (Å²) in [4.78, 5) is 29.8. The van der Waals surface area contributed by atoms with E-state index >= 15 is 0 Å². The number of halogens is 2. The molecule has 0 bridgehead atoms. The van der Waals surface area contributed by atoms with Gasteiger partial charge in [-0.1, -0.05) is 18.5 Å². The Morgan fingerprint density at radius 2 is 1.97 bits per heavy atom. The first-order valence-corrected chi connectivity index (χ1v) is 11.4. The van der Waals surface area contributed by atoms with Crippen LogP contribution in [0.2, 0.25) is 0 Å². The summed E-state index contributed by atoms with van der Waals surface area (Å²) in [6, 6.07) is 4.54. The minimum atomic E-state index is -0.803. The average Bonchev–Trinajstić information content (AvgIpc) is 3.43. The fraction of sp³-hybridized carbons (Fsp3) is 0.542.